The van der Waals surface area contributed by atoms with Crippen LogP contribution in [0.1, 0.15) is 0 Å². The molecule has 0 aliphatic heterocycles. The number of nitrogen functional groups attached to an aromatic ring is 1. The standard InChI is InChI=1S/C8H14N4O3S/c1-12(4-5-13)16(14,15)7-2-3-8(11-9)10-6-7/h2-3,6,13H,4-5,9H2,1H3,(H,10,11). The molecule has 16 heavy (non-hydrogen) atoms. The molecule has 1 heterocycles. The van der Waals surface area contributed by atoms with Gasteiger partial charge in [0.25, 0.3) is 0 Å². The Balaban J connectivity index is 2.98. The Morgan fingerprint density at radius 2 is 2.25 bits per heavy atom. The van der Waals surface area contributed by atoms with Gasteiger partial charge in [-0.2, -0.15) is 4.31 Å². The van der Waals surface area contributed by atoms with Crippen LogP contribution in [-0.2, 0) is 10.0 Å². The second-order valence-corrected chi connectivity index (χ2v) is 5.12. The summed E-state index contributed by atoms with van der Waals surface area (Å²) in [7, 11) is -2.19. The topological polar surface area (TPSA) is 109 Å². The molecule has 0 aliphatic rings. The maximum Gasteiger partial charge on any atom is 0.244 e. The van der Waals surface area contributed by atoms with Crippen LogP contribution in [0.15, 0.2) is 23.2 Å². The molecule has 0 aliphatic carbocycles. The molecule has 0 spiro atoms. The Kier molecular flexibility index (Phi) is 4.19. The van der Waals surface area contributed by atoms with Crippen LogP contribution in [0.2, 0.25) is 0 Å². The molecule has 7 nitrogen and oxygen atoms in total. The lowest BCUT2D eigenvalue weighted by molar-refractivity contribution is 0.266. The van der Waals surface area contributed by atoms with Crippen molar-refractivity contribution >= 4 is 15.8 Å². The summed E-state index contributed by atoms with van der Waals surface area (Å²) in [6.45, 7) is -0.190. The Labute approximate surface area is 93.9 Å². The molecule has 1 aromatic heterocycles. The predicted octanol–water partition coefficient (Wildman–Crippen LogP) is -1.02. The number of nitrogens with zero attached hydrogens (tertiary/aromatic N) is 2. The molecule has 1 rings (SSSR count). The quantitative estimate of drug-likeness (QED) is 0.453. The van der Waals surface area contributed by atoms with Crippen LogP contribution in [-0.4, -0.2) is 43.0 Å². The number of hydrogen-bond acceptors (Lipinski definition) is 6. The fourth-order valence-electron chi connectivity index (χ4n) is 1.06. The number of hydrazine groups is 1. The first-order valence-corrected chi connectivity index (χ1v) is 5.96. The molecule has 0 saturated heterocycles. The Hall–Kier alpha value is -1.22. The fraction of sp³-hybridized carbons (Fsp3) is 0.375. The van der Waals surface area contributed by atoms with E-state index in [-0.39, 0.29) is 18.0 Å². The van der Waals surface area contributed by atoms with E-state index in [0.29, 0.717) is 5.82 Å². The van der Waals surface area contributed by atoms with Gasteiger partial charge in [-0.25, -0.2) is 19.2 Å². The monoisotopic (exact) mass is 246 g/mol. The number of sulfonamides is 1. The molecule has 0 amide bonds. The molecule has 0 aromatic carbocycles. The Morgan fingerprint density at radius 3 is 2.69 bits per heavy atom. The van der Waals surface area contributed by atoms with Gasteiger partial charge in [-0.15, -0.1) is 0 Å². The summed E-state index contributed by atoms with van der Waals surface area (Å²) in [4.78, 5) is 3.86. The van der Waals surface area contributed by atoms with Crippen LogP contribution in [0.4, 0.5) is 5.82 Å². The molecule has 0 unspecified atom stereocenters. The third-order valence-corrected chi connectivity index (χ3v) is 3.85. The predicted molar refractivity (Wildman–Crippen MR) is 58.9 cm³/mol. The lowest BCUT2D eigenvalue weighted by Crippen LogP contribution is -2.29. The Morgan fingerprint density at radius 1 is 1.56 bits per heavy atom. The maximum absolute atomic E-state index is 11.8. The van der Waals surface area contributed by atoms with Crippen LogP contribution in [0.25, 0.3) is 0 Å². The SMILES string of the molecule is CN(CCO)S(=O)(=O)c1ccc(NN)nc1. The summed E-state index contributed by atoms with van der Waals surface area (Å²) in [5, 5.41) is 8.68. The average molecular weight is 246 g/mol. The van der Waals surface area contributed by atoms with Gasteiger partial charge in [0, 0.05) is 19.8 Å². The van der Waals surface area contributed by atoms with Crippen LogP contribution in [0.3, 0.4) is 0 Å². The molecule has 1 aromatic rings. The van der Waals surface area contributed by atoms with E-state index in [9.17, 15) is 8.42 Å². The van der Waals surface area contributed by atoms with Gasteiger partial charge in [0.05, 0.1) is 6.61 Å². The van der Waals surface area contributed by atoms with Crippen molar-refractivity contribution in [3.8, 4) is 0 Å². The normalized spacial score (nSPS) is 11.8. The van der Waals surface area contributed by atoms with Gasteiger partial charge in [0.2, 0.25) is 10.0 Å². The number of nitrogens with two attached hydrogens (primary N) is 1. The van der Waals surface area contributed by atoms with E-state index in [1.54, 1.807) is 0 Å². The second kappa shape index (κ2) is 5.21. The van der Waals surface area contributed by atoms with E-state index in [1.807, 2.05) is 0 Å². The number of anilines is 1. The number of hydrogen-bond donors (Lipinski definition) is 3. The number of aromatic nitrogens is 1. The van der Waals surface area contributed by atoms with Gasteiger partial charge in [-0.3, -0.25) is 0 Å². The molecule has 90 valence electrons. The van der Waals surface area contributed by atoms with Crippen LogP contribution < -0.4 is 11.3 Å². The van der Waals surface area contributed by atoms with Gasteiger partial charge in [-0.1, -0.05) is 0 Å². The molecule has 0 saturated carbocycles. The van der Waals surface area contributed by atoms with E-state index >= 15 is 0 Å². The third kappa shape index (κ3) is 2.67. The number of nitrogens with one attached hydrogen (secondary N) is 1. The van der Waals surface area contributed by atoms with Crippen molar-refractivity contribution in [3.05, 3.63) is 18.3 Å². The van der Waals surface area contributed by atoms with Gasteiger partial charge in [-0.05, 0) is 12.1 Å². The van der Waals surface area contributed by atoms with Crippen molar-refractivity contribution in [2.45, 2.75) is 4.90 Å². The fourth-order valence-corrected chi connectivity index (χ4v) is 2.17. The van der Waals surface area contributed by atoms with Crippen molar-refractivity contribution in [3.63, 3.8) is 0 Å². The Bertz CT molecular complexity index is 431. The first-order chi connectivity index (χ1) is 7.52. The largest absolute Gasteiger partial charge is 0.395 e. The van der Waals surface area contributed by atoms with Gasteiger partial charge in [0.15, 0.2) is 0 Å². The smallest absolute Gasteiger partial charge is 0.244 e. The minimum atomic E-state index is -3.58. The summed E-state index contributed by atoms with van der Waals surface area (Å²) >= 11 is 0. The van der Waals surface area contributed by atoms with Crippen molar-refractivity contribution < 1.29 is 13.5 Å². The number of rotatable bonds is 5. The minimum absolute atomic E-state index is 0.0409. The highest BCUT2D eigenvalue weighted by Gasteiger charge is 2.20. The molecule has 0 bridgehead atoms. The zero-order valence-electron chi connectivity index (χ0n) is 8.79. The van der Waals surface area contributed by atoms with Crippen molar-refractivity contribution in [2.75, 3.05) is 25.6 Å². The van der Waals surface area contributed by atoms with E-state index in [1.165, 1.54) is 25.4 Å². The molecule has 8 heteroatoms. The number of aliphatic hydroxyl groups excluding tert-OH is 1. The van der Waals surface area contributed by atoms with Crippen molar-refractivity contribution in [1.82, 2.24) is 9.29 Å². The molecule has 0 radical (unpaired) electrons. The summed E-state index contributed by atoms with van der Waals surface area (Å²) in [5.41, 5.74) is 2.30. The van der Waals surface area contributed by atoms with Crippen molar-refractivity contribution in [1.29, 1.82) is 0 Å². The van der Waals surface area contributed by atoms with Crippen LogP contribution in [0.5, 0.6) is 0 Å². The summed E-state index contributed by atoms with van der Waals surface area (Å²) in [6, 6.07) is 2.85. The highest BCUT2D eigenvalue weighted by atomic mass is 32.2. The zero-order valence-corrected chi connectivity index (χ0v) is 9.61. The minimum Gasteiger partial charge on any atom is -0.395 e. The lowest BCUT2D eigenvalue weighted by atomic mass is 10.5. The number of likely N-dealkylation sites (N-methyl/N-ethyl adjacent to an activating group) is 1. The van der Waals surface area contributed by atoms with E-state index in [2.05, 4.69) is 10.4 Å². The maximum atomic E-state index is 11.8. The highest BCUT2D eigenvalue weighted by Crippen LogP contribution is 2.14. The van der Waals surface area contributed by atoms with Gasteiger partial charge in [0.1, 0.15) is 10.7 Å². The molecular weight excluding hydrogens is 232 g/mol. The van der Waals surface area contributed by atoms with Gasteiger partial charge < -0.3 is 10.5 Å². The van der Waals surface area contributed by atoms with Crippen molar-refractivity contribution in [2.24, 2.45) is 5.84 Å². The van der Waals surface area contributed by atoms with E-state index in [0.717, 1.165) is 4.31 Å². The summed E-state index contributed by atoms with van der Waals surface area (Å²) < 4.78 is 24.7. The molecule has 0 fully saturated rings. The van der Waals surface area contributed by atoms with E-state index in [4.69, 9.17) is 10.9 Å². The first kappa shape index (κ1) is 12.8. The second-order valence-electron chi connectivity index (χ2n) is 3.07. The highest BCUT2D eigenvalue weighted by molar-refractivity contribution is 7.89. The van der Waals surface area contributed by atoms with E-state index < -0.39 is 10.0 Å². The number of aliphatic hydroxyl groups is 1. The summed E-state index contributed by atoms with van der Waals surface area (Å²) in [6.07, 6.45) is 1.21. The zero-order chi connectivity index (χ0) is 12.2. The summed E-state index contributed by atoms with van der Waals surface area (Å²) in [5.74, 6) is 5.49. The first-order valence-electron chi connectivity index (χ1n) is 4.52. The van der Waals surface area contributed by atoms with Gasteiger partial charge >= 0.3 is 0 Å². The molecule has 4 N–H and O–H groups in total. The average Bonchev–Trinajstić information content (AvgIpc) is 2.29. The van der Waals surface area contributed by atoms with Crippen LogP contribution in [0, 0.1) is 0 Å². The lowest BCUT2D eigenvalue weighted by Gasteiger charge is -2.15. The van der Waals surface area contributed by atoms with Crippen LogP contribution >= 0.6 is 0 Å². The number of pyridine rings is 1. The molecule has 0 atom stereocenters. The molecular formula is C8H14N4O3S. The third-order valence-electron chi connectivity index (χ3n) is 2.01.